The molecular weight excluding hydrogens is 266 g/mol. The molecule has 1 aliphatic rings. The van der Waals surface area contributed by atoms with Crippen LogP contribution in [0.1, 0.15) is 18.5 Å². The summed E-state index contributed by atoms with van der Waals surface area (Å²) in [5, 5.41) is 9.04. The Morgan fingerprint density at radius 2 is 2.11 bits per heavy atom. The van der Waals surface area contributed by atoms with Crippen molar-refractivity contribution in [2.75, 3.05) is 19.7 Å². The molecule has 6 nitrogen and oxygen atoms in total. The van der Waals surface area contributed by atoms with Gasteiger partial charge in [0.15, 0.2) is 0 Å². The lowest BCUT2D eigenvalue weighted by atomic mass is 10.00. The Labute approximate surface area is 113 Å². The minimum atomic E-state index is -3.45. The largest absolute Gasteiger partial charge is 0.396 e. The standard InChI is InChI=1S/C12H19N3O3S/c16-10-11-4-7-15(8-5-11)19(17,18)14-9-12-3-1-2-6-13-12/h1-3,6,11,14,16H,4-5,7-10H2. The molecule has 19 heavy (non-hydrogen) atoms. The van der Waals surface area contributed by atoms with E-state index in [0.717, 1.165) is 0 Å². The molecule has 0 saturated carbocycles. The zero-order valence-corrected chi connectivity index (χ0v) is 11.5. The van der Waals surface area contributed by atoms with Crippen LogP contribution in [0.4, 0.5) is 0 Å². The Kier molecular flexibility index (Phi) is 4.87. The zero-order valence-electron chi connectivity index (χ0n) is 10.7. The van der Waals surface area contributed by atoms with Crippen LogP contribution in [0.15, 0.2) is 24.4 Å². The number of nitrogens with zero attached hydrogens (tertiary/aromatic N) is 2. The van der Waals surface area contributed by atoms with Crippen molar-refractivity contribution in [1.82, 2.24) is 14.0 Å². The average Bonchev–Trinajstić information content (AvgIpc) is 2.46. The van der Waals surface area contributed by atoms with Crippen LogP contribution in [-0.4, -0.2) is 42.5 Å². The minimum absolute atomic E-state index is 0.134. The minimum Gasteiger partial charge on any atom is -0.396 e. The maximum absolute atomic E-state index is 12.1. The molecule has 2 N–H and O–H groups in total. The molecule has 7 heteroatoms. The summed E-state index contributed by atoms with van der Waals surface area (Å²) in [5.74, 6) is 0.224. The third-order valence-corrected chi connectivity index (χ3v) is 4.89. The van der Waals surface area contributed by atoms with E-state index >= 15 is 0 Å². The van der Waals surface area contributed by atoms with Gasteiger partial charge in [0, 0.05) is 25.9 Å². The molecule has 0 atom stereocenters. The van der Waals surface area contributed by atoms with Crippen molar-refractivity contribution in [3.63, 3.8) is 0 Å². The van der Waals surface area contributed by atoms with Gasteiger partial charge in [-0.05, 0) is 30.9 Å². The average molecular weight is 285 g/mol. The van der Waals surface area contributed by atoms with Crippen molar-refractivity contribution in [1.29, 1.82) is 0 Å². The highest BCUT2D eigenvalue weighted by Gasteiger charge is 2.27. The number of hydrogen-bond donors (Lipinski definition) is 2. The normalized spacial score (nSPS) is 18.6. The predicted octanol–water partition coefficient (Wildman–Crippen LogP) is 0.120. The van der Waals surface area contributed by atoms with Crippen LogP contribution in [0.5, 0.6) is 0 Å². The molecule has 106 valence electrons. The first-order valence-electron chi connectivity index (χ1n) is 6.37. The molecule has 0 radical (unpaired) electrons. The molecule has 0 spiro atoms. The second kappa shape index (κ2) is 6.42. The van der Waals surface area contributed by atoms with Gasteiger partial charge in [0.1, 0.15) is 0 Å². The van der Waals surface area contributed by atoms with E-state index in [9.17, 15) is 8.42 Å². The van der Waals surface area contributed by atoms with E-state index in [1.807, 2.05) is 6.07 Å². The predicted molar refractivity (Wildman–Crippen MR) is 71.4 cm³/mol. The van der Waals surface area contributed by atoms with Crippen molar-refractivity contribution in [3.05, 3.63) is 30.1 Å². The van der Waals surface area contributed by atoms with Crippen molar-refractivity contribution in [2.24, 2.45) is 5.92 Å². The van der Waals surface area contributed by atoms with Crippen molar-refractivity contribution < 1.29 is 13.5 Å². The van der Waals surface area contributed by atoms with Crippen LogP contribution in [0.3, 0.4) is 0 Å². The number of aromatic nitrogens is 1. The Morgan fingerprint density at radius 1 is 1.37 bits per heavy atom. The van der Waals surface area contributed by atoms with Gasteiger partial charge in [-0.1, -0.05) is 6.07 Å². The Bertz CT molecular complexity index is 484. The fourth-order valence-electron chi connectivity index (χ4n) is 2.09. The molecule has 1 fully saturated rings. The van der Waals surface area contributed by atoms with Gasteiger partial charge < -0.3 is 5.11 Å². The highest BCUT2D eigenvalue weighted by atomic mass is 32.2. The summed E-state index contributed by atoms with van der Waals surface area (Å²) in [7, 11) is -3.45. The summed E-state index contributed by atoms with van der Waals surface area (Å²) >= 11 is 0. The van der Waals surface area contributed by atoms with E-state index in [0.29, 0.717) is 31.6 Å². The molecule has 0 unspecified atom stereocenters. The summed E-state index contributed by atoms with van der Waals surface area (Å²) in [5.41, 5.74) is 0.691. The number of rotatable bonds is 5. The summed E-state index contributed by atoms with van der Waals surface area (Å²) in [4.78, 5) is 4.07. The fourth-order valence-corrected chi connectivity index (χ4v) is 3.30. The van der Waals surface area contributed by atoms with Crippen LogP contribution in [0.25, 0.3) is 0 Å². The lowest BCUT2D eigenvalue weighted by molar-refractivity contribution is 0.169. The topological polar surface area (TPSA) is 82.5 Å². The fraction of sp³-hybridized carbons (Fsp3) is 0.583. The first-order chi connectivity index (χ1) is 9.12. The summed E-state index contributed by atoms with van der Waals surface area (Å²) in [6.45, 7) is 1.25. The molecule has 1 aromatic rings. The Morgan fingerprint density at radius 3 is 2.68 bits per heavy atom. The second-order valence-electron chi connectivity index (χ2n) is 4.67. The molecule has 0 aliphatic carbocycles. The highest BCUT2D eigenvalue weighted by Crippen LogP contribution is 2.18. The molecule has 0 aromatic carbocycles. The second-order valence-corrected chi connectivity index (χ2v) is 6.43. The highest BCUT2D eigenvalue weighted by molar-refractivity contribution is 7.87. The SMILES string of the molecule is O=S(=O)(NCc1ccccn1)N1CCC(CO)CC1. The number of aliphatic hydroxyl groups is 1. The first-order valence-corrected chi connectivity index (χ1v) is 7.81. The van der Waals surface area contributed by atoms with Crippen molar-refractivity contribution >= 4 is 10.2 Å². The third-order valence-electron chi connectivity index (χ3n) is 3.33. The molecular formula is C12H19N3O3S. The van der Waals surface area contributed by atoms with Gasteiger partial charge in [0.2, 0.25) is 0 Å². The summed E-state index contributed by atoms with van der Waals surface area (Å²) in [6, 6.07) is 5.39. The van der Waals surface area contributed by atoms with Gasteiger partial charge in [-0.25, -0.2) is 0 Å². The van der Waals surface area contributed by atoms with E-state index in [2.05, 4.69) is 9.71 Å². The number of aliphatic hydroxyl groups excluding tert-OH is 1. The molecule has 1 aromatic heterocycles. The van der Waals surface area contributed by atoms with Gasteiger partial charge in [-0.3, -0.25) is 4.98 Å². The van der Waals surface area contributed by atoms with E-state index in [1.165, 1.54) is 4.31 Å². The molecule has 2 heterocycles. The maximum Gasteiger partial charge on any atom is 0.279 e. The lowest BCUT2D eigenvalue weighted by Gasteiger charge is -2.30. The third kappa shape index (κ3) is 3.97. The monoisotopic (exact) mass is 285 g/mol. The maximum atomic E-state index is 12.1. The van der Waals surface area contributed by atoms with Crippen LogP contribution in [-0.2, 0) is 16.8 Å². The van der Waals surface area contributed by atoms with Crippen molar-refractivity contribution in [3.8, 4) is 0 Å². The van der Waals surface area contributed by atoms with Gasteiger partial charge in [0.25, 0.3) is 10.2 Å². The molecule has 0 amide bonds. The van der Waals surface area contributed by atoms with E-state index in [-0.39, 0.29) is 19.1 Å². The smallest absolute Gasteiger partial charge is 0.279 e. The first kappa shape index (κ1) is 14.4. The van der Waals surface area contributed by atoms with Gasteiger partial charge in [-0.2, -0.15) is 17.4 Å². The van der Waals surface area contributed by atoms with E-state index in [1.54, 1.807) is 18.3 Å². The quantitative estimate of drug-likeness (QED) is 0.805. The molecule has 2 rings (SSSR count). The molecule has 1 aliphatic heterocycles. The van der Waals surface area contributed by atoms with E-state index in [4.69, 9.17) is 5.11 Å². The molecule has 1 saturated heterocycles. The van der Waals surface area contributed by atoms with Gasteiger partial charge in [0.05, 0.1) is 12.2 Å². The van der Waals surface area contributed by atoms with Gasteiger partial charge in [-0.15, -0.1) is 0 Å². The Balaban J connectivity index is 1.89. The number of pyridine rings is 1. The number of piperidine rings is 1. The zero-order chi connectivity index (χ0) is 13.7. The summed E-state index contributed by atoms with van der Waals surface area (Å²) < 4.78 is 28.1. The van der Waals surface area contributed by atoms with E-state index < -0.39 is 10.2 Å². The summed E-state index contributed by atoms with van der Waals surface area (Å²) in [6.07, 6.45) is 3.05. The van der Waals surface area contributed by atoms with Crippen molar-refractivity contribution in [2.45, 2.75) is 19.4 Å². The number of nitrogens with one attached hydrogen (secondary N) is 1. The molecule has 0 bridgehead atoms. The number of hydrogen-bond acceptors (Lipinski definition) is 4. The van der Waals surface area contributed by atoms with Crippen LogP contribution < -0.4 is 4.72 Å². The van der Waals surface area contributed by atoms with Crippen LogP contribution in [0, 0.1) is 5.92 Å². The lowest BCUT2D eigenvalue weighted by Crippen LogP contribution is -2.45. The Hall–Kier alpha value is -1.02. The van der Waals surface area contributed by atoms with Crippen LogP contribution in [0.2, 0.25) is 0 Å². The van der Waals surface area contributed by atoms with Crippen LogP contribution >= 0.6 is 0 Å². The van der Waals surface area contributed by atoms with Gasteiger partial charge >= 0.3 is 0 Å².